The fourth-order valence-corrected chi connectivity index (χ4v) is 2.35. The van der Waals surface area contributed by atoms with Crippen LogP contribution in [0.5, 0.6) is 5.75 Å². The van der Waals surface area contributed by atoms with Crippen molar-refractivity contribution in [3.05, 3.63) is 59.2 Å². The van der Waals surface area contributed by atoms with Crippen molar-refractivity contribution in [1.82, 2.24) is 0 Å². The molecule has 0 aliphatic carbocycles. The van der Waals surface area contributed by atoms with Crippen LogP contribution < -0.4 is 10.1 Å². The van der Waals surface area contributed by atoms with E-state index < -0.39 is 6.10 Å². The van der Waals surface area contributed by atoms with E-state index in [0.717, 1.165) is 28.1 Å². The van der Waals surface area contributed by atoms with Crippen molar-refractivity contribution < 1.29 is 14.3 Å². The molecule has 4 heteroatoms. The summed E-state index contributed by atoms with van der Waals surface area (Å²) in [5.41, 5.74) is 4.00. The van der Waals surface area contributed by atoms with Crippen molar-refractivity contribution >= 4 is 11.6 Å². The van der Waals surface area contributed by atoms with E-state index in [4.69, 9.17) is 9.47 Å². The van der Waals surface area contributed by atoms with Crippen LogP contribution in [0.1, 0.15) is 23.6 Å². The predicted molar refractivity (Wildman–Crippen MR) is 91.8 cm³/mol. The highest BCUT2D eigenvalue weighted by Crippen LogP contribution is 2.16. The summed E-state index contributed by atoms with van der Waals surface area (Å²) in [6.45, 7) is 6.12. The first-order chi connectivity index (χ1) is 11.0. The van der Waals surface area contributed by atoms with Crippen LogP contribution in [0, 0.1) is 13.8 Å². The van der Waals surface area contributed by atoms with Gasteiger partial charge in [-0.1, -0.05) is 18.2 Å². The number of carbonyl (C=O) groups excluding carboxylic acids is 1. The second-order valence-electron chi connectivity index (χ2n) is 5.67. The maximum Gasteiger partial charge on any atom is 0.253 e. The first-order valence-corrected chi connectivity index (χ1v) is 7.61. The van der Waals surface area contributed by atoms with Gasteiger partial charge in [0.1, 0.15) is 11.9 Å². The molecule has 1 unspecified atom stereocenters. The number of carbonyl (C=O) groups is 1. The molecule has 0 spiro atoms. The first-order valence-electron chi connectivity index (χ1n) is 7.61. The molecular formula is C19H23NO3. The Kier molecular flexibility index (Phi) is 5.77. The van der Waals surface area contributed by atoms with Crippen LogP contribution in [0.15, 0.2) is 42.5 Å². The Morgan fingerprint density at radius 2 is 1.83 bits per heavy atom. The number of nitrogens with one attached hydrogen (secondary N) is 1. The van der Waals surface area contributed by atoms with Gasteiger partial charge in [-0.2, -0.15) is 0 Å². The smallest absolute Gasteiger partial charge is 0.253 e. The van der Waals surface area contributed by atoms with Gasteiger partial charge < -0.3 is 14.8 Å². The van der Waals surface area contributed by atoms with Crippen molar-refractivity contribution in [2.75, 3.05) is 12.4 Å². The summed E-state index contributed by atoms with van der Waals surface area (Å²) in [6, 6.07) is 13.6. The van der Waals surface area contributed by atoms with Crippen LogP contribution in [0.4, 0.5) is 5.69 Å². The van der Waals surface area contributed by atoms with Gasteiger partial charge >= 0.3 is 0 Å². The van der Waals surface area contributed by atoms with Crippen LogP contribution in [-0.4, -0.2) is 19.1 Å². The van der Waals surface area contributed by atoms with Gasteiger partial charge in [0.25, 0.3) is 5.91 Å². The van der Waals surface area contributed by atoms with Crippen LogP contribution >= 0.6 is 0 Å². The molecule has 2 rings (SSSR count). The Balaban J connectivity index is 1.91. The molecule has 122 valence electrons. The standard InChI is InChI=1S/C19H23NO3/c1-13-8-14(2)10-17(9-13)20-19(21)15(3)23-12-16-6-5-7-18(11-16)22-4/h5-11,15H,12H2,1-4H3,(H,20,21). The molecule has 0 aliphatic heterocycles. The van der Waals surface area contributed by atoms with E-state index in [9.17, 15) is 4.79 Å². The third-order valence-electron chi connectivity index (χ3n) is 3.49. The lowest BCUT2D eigenvalue weighted by molar-refractivity contribution is -0.127. The van der Waals surface area contributed by atoms with Crippen LogP contribution in [0.2, 0.25) is 0 Å². The topological polar surface area (TPSA) is 47.6 Å². The fraction of sp³-hybridized carbons (Fsp3) is 0.316. The van der Waals surface area contributed by atoms with Gasteiger partial charge in [-0.15, -0.1) is 0 Å². The van der Waals surface area contributed by atoms with Crippen molar-refractivity contribution in [2.24, 2.45) is 0 Å². The van der Waals surface area contributed by atoms with Crippen molar-refractivity contribution in [3.8, 4) is 5.75 Å². The number of benzene rings is 2. The quantitative estimate of drug-likeness (QED) is 0.881. The van der Waals surface area contributed by atoms with E-state index in [1.165, 1.54) is 0 Å². The summed E-state index contributed by atoms with van der Waals surface area (Å²) in [5, 5.41) is 2.89. The molecule has 0 bridgehead atoms. The average Bonchev–Trinajstić information content (AvgIpc) is 2.51. The molecule has 1 atom stereocenters. The number of aryl methyl sites for hydroxylation is 2. The number of hydrogen-bond acceptors (Lipinski definition) is 3. The monoisotopic (exact) mass is 313 g/mol. The van der Waals surface area contributed by atoms with Crippen LogP contribution in [0.3, 0.4) is 0 Å². The Morgan fingerprint density at radius 3 is 2.48 bits per heavy atom. The highest BCUT2D eigenvalue weighted by Gasteiger charge is 2.14. The number of methoxy groups -OCH3 is 1. The fourth-order valence-electron chi connectivity index (χ4n) is 2.35. The zero-order valence-electron chi connectivity index (χ0n) is 14.1. The van der Waals surface area contributed by atoms with Crippen molar-refractivity contribution in [3.63, 3.8) is 0 Å². The molecule has 0 aliphatic rings. The minimum Gasteiger partial charge on any atom is -0.497 e. The third-order valence-corrected chi connectivity index (χ3v) is 3.49. The number of anilines is 1. The van der Waals surface area contributed by atoms with E-state index in [0.29, 0.717) is 6.61 Å². The van der Waals surface area contributed by atoms with Gasteiger partial charge in [-0.25, -0.2) is 0 Å². The molecule has 0 saturated heterocycles. The summed E-state index contributed by atoms with van der Waals surface area (Å²) >= 11 is 0. The van der Waals surface area contributed by atoms with E-state index in [2.05, 4.69) is 11.4 Å². The summed E-state index contributed by atoms with van der Waals surface area (Å²) < 4.78 is 10.8. The number of rotatable bonds is 6. The molecule has 1 amide bonds. The van der Waals surface area contributed by atoms with Gasteiger partial charge in [0.15, 0.2) is 0 Å². The second kappa shape index (κ2) is 7.79. The summed E-state index contributed by atoms with van der Waals surface area (Å²) in [7, 11) is 1.62. The molecule has 23 heavy (non-hydrogen) atoms. The lowest BCUT2D eigenvalue weighted by atomic mass is 10.1. The SMILES string of the molecule is COc1cccc(COC(C)C(=O)Nc2cc(C)cc(C)c2)c1. The normalized spacial score (nSPS) is 11.8. The van der Waals surface area contributed by atoms with E-state index >= 15 is 0 Å². The molecule has 2 aromatic rings. The predicted octanol–water partition coefficient (Wildman–Crippen LogP) is 3.86. The van der Waals surface area contributed by atoms with Crippen LogP contribution in [0.25, 0.3) is 0 Å². The Hall–Kier alpha value is -2.33. The maximum atomic E-state index is 12.2. The molecule has 2 aromatic carbocycles. The molecule has 0 radical (unpaired) electrons. The van der Waals surface area contributed by atoms with Crippen LogP contribution in [-0.2, 0) is 16.1 Å². The van der Waals surface area contributed by atoms with Gasteiger partial charge in [-0.3, -0.25) is 4.79 Å². The third kappa shape index (κ3) is 5.11. The summed E-state index contributed by atoms with van der Waals surface area (Å²) in [6.07, 6.45) is -0.540. The van der Waals surface area contributed by atoms with Gasteiger partial charge in [0.05, 0.1) is 13.7 Å². The Morgan fingerprint density at radius 1 is 1.13 bits per heavy atom. The van der Waals surface area contributed by atoms with Gasteiger partial charge in [0, 0.05) is 5.69 Å². The minimum atomic E-state index is -0.540. The molecule has 0 fully saturated rings. The Bertz CT molecular complexity index is 662. The lowest BCUT2D eigenvalue weighted by Crippen LogP contribution is -2.27. The molecule has 0 saturated carbocycles. The number of ether oxygens (including phenoxy) is 2. The zero-order chi connectivity index (χ0) is 16.8. The van der Waals surface area contributed by atoms with Crippen molar-refractivity contribution in [1.29, 1.82) is 0 Å². The molecule has 1 N–H and O–H groups in total. The van der Waals surface area contributed by atoms with E-state index in [1.807, 2.05) is 50.2 Å². The molecule has 0 aromatic heterocycles. The molecular weight excluding hydrogens is 290 g/mol. The number of amides is 1. The average molecular weight is 313 g/mol. The highest BCUT2D eigenvalue weighted by atomic mass is 16.5. The Labute approximate surface area is 137 Å². The first kappa shape index (κ1) is 17.0. The summed E-state index contributed by atoms with van der Waals surface area (Å²) in [4.78, 5) is 12.2. The van der Waals surface area contributed by atoms with Crippen molar-refractivity contribution in [2.45, 2.75) is 33.5 Å². The van der Waals surface area contributed by atoms with Gasteiger partial charge in [-0.05, 0) is 61.7 Å². The molecule has 4 nitrogen and oxygen atoms in total. The second-order valence-corrected chi connectivity index (χ2v) is 5.67. The largest absolute Gasteiger partial charge is 0.497 e. The summed E-state index contributed by atoms with van der Waals surface area (Å²) in [5.74, 6) is 0.622. The minimum absolute atomic E-state index is 0.155. The number of hydrogen-bond donors (Lipinski definition) is 1. The van der Waals surface area contributed by atoms with E-state index in [1.54, 1.807) is 14.0 Å². The zero-order valence-corrected chi connectivity index (χ0v) is 14.1. The lowest BCUT2D eigenvalue weighted by Gasteiger charge is -2.14. The van der Waals surface area contributed by atoms with E-state index in [-0.39, 0.29) is 5.91 Å². The maximum absolute atomic E-state index is 12.2. The molecule has 0 heterocycles. The van der Waals surface area contributed by atoms with Gasteiger partial charge in [0.2, 0.25) is 0 Å². The highest BCUT2D eigenvalue weighted by molar-refractivity contribution is 5.94.